The fraction of sp³-hybridized carbons (Fsp3) is 0. The highest BCUT2D eigenvalue weighted by molar-refractivity contribution is 6.34. The zero-order valence-corrected chi connectivity index (χ0v) is 16.9. The van der Waals surface area contributed by atoms with E-state index in [9.17, 15) is 9.59 Å². The summed E-state index contributed by atoms with van der Waals surface area (Å²) in [6.07, 6.45) is 0. The first-order valence-corrected chi connectivity index (χ1v) is 10.2. The Balaban J connectivity index is 1.34. The van der Waals surface area contributed by atoms with Gasteiger partial charge in [-0.15, -0.1) is 0 Å². The third-order valence-electron chi connectivity index (χ3n) is 5.66. The molecule has 1 aliphatic heterocycles. The summed E-state index contributed by atoms with van der Waals surface area (Å²) in [5.41, 5.74) is 5.58. The van der Waals surface area contributed by atoms with Crippen LogP contribution in [0.4, 0.5) is 5.69 Å². The second kappa shape index (κ2) is 7.03. The summed E-state index contributed by atoms with van der Waals surface area (Å²) in [6, 6.07) is 30.1. The van der Waals surface area contributed by atoms with E-state index in [1.165, 1.54) is 4.90 Å². The number of hydrogen-bond donors (Lipinski definition) is 0. The number of rotatable bonds is 3. The molecule has 0 saturated heterocycles. The van der Waals surface area contributed by atoms with E-state index in [0.29, 0.717) is 33.8 Å². The van der Waals surface area contributed by atoms with E-state index in [1.54, 1.807) is 42.5 Å². The molecule has 4 aromatic carbocycles. The first-order valence-electron chi connectivity index (χ1n) is 10.2. The molecule has 1 aromatic heterocycles. The molecule has 152 valence electrons. The monoisotopic (exact) mass is 416 g/mol. The number of anilines is 1. The third-order valence-corrected chi connectivity index (χ3v) is 5.66. The maximum atomic E-state index is 12.8. The molecule has 0 radical (unpaired) electrons. The van der Waals surface area contributed by atoms with Gasteiger partial charge in [0.15, 0.2) is 5.58 Å². The van der Waals surface area contributed by atoms with Gasteiger partial charge in [0.1, 0.15) is 5.52 Å². The number of oxazole rings is 1. The van der Waals surface area contributed by atoms with Crippen molar-refractivity contribution in [2.75, 3.05) is 4.90 Å². The van der Waals surface area contributed by atoms with Crippen LogP contribution < -0.4 is 4.90 Å². The molecule has 0 aliphatic carbocycles. The van der Waals surface area contributed by atoms with Crippen LogP contribution in [0.5, 0.6) is 0 Å². The van der Waals surface area contributed by atoms with E-state index in [4.69, 9.17) is 4.42 Å². The van der Waals surface area contributed by atoms with E-state index in [0.717, 1.165) is 16.7 Å². The Morgan fingerprint density at radius 3 is 1.91 bits per heavy atom. The van der Waals surface area contributed by atoms with Crippen LogP contribution in [-0.4, -0.2) is 16.8 Å². The highest BCUT2D eigenvalue weighted by Crippen LogP contribution is 2.32. The molecule has 2 amide bonds. The number of fused-ring (bicyclic) bond motifs is 2. The summed E-state index contributed by atoms with van der Waals surface area (Å²) in [7, 11) is 0. The number of imide groups is 1. The minimum atomic E-state index is -0.329. The van der Waals surface area contributed by atoms with Gasteiger partial charge in [-0.25, -0.2) is 9.88 Å². The topological polar surface area (TPSA) is 63.4 Å². The number of aromatic nitrogens is 1. The van der Waals surface area contributed by atoms with Gasteiger partial charge in [-0.2, -0.15) is 0 Å². The van der Waals surface area contributed by atoms with E-state index in [2.05, 4.69) is 17.1 Å². The summed E-state index contributed by atoms with van der Waals surface area (Å²) in [5, 5.41) is 0. The van der Waals surface area contributed by atoms with Crippen LogP contribution in [0.2, 0.25) is 0 Å². The van der Waals surface area contributed by atoms with E-state index < -0.39 is 0 Å². The molecular weight excluding hydrogens is 400 g/mol. The van der Waals surface area contributed by atoms with Crippen LogP contribution in [0.3, 0.4) is 0 Å². The van der Waals surface area contributed by atoms with Gasteiger partial charge in [0.05, 0.1) is 16.8 Å². The molecule has 0 saturated carbocycles. The maximum absolute atomic E-state index is 12.8. The predicted molar refractivity (Wildman–Crippen MR) is 122 cm³/mol. The SMILES string of the molecule is O=C1c2ccccc2C(=O)N1c1ccc2oc(-c3ccc(-c4ccccc4)cc3)nc2c1. The highest BCUT2D eigenvalue weighted by Gasteiger charge is 2.36. The van der Waals surface area contributed by atoms with Gasteiger partial charge < -0.3 is 4.42 Å². The molecule has 5 heteroatoms. The van der Waals surface area contributed by atoms with Gasteiger partial charge in [-0.1, -0.05) is 54.6 Å². The van der Waals surface area contributed by atoms with Gasteiger partial charge in [-0.3, -0.25) is 9.59 Å². The van der Waals surface area contributed by atoms with Crippen molar-refractivity contribution in [1.82, 2.24) is 4.98 Å². The standard InChI is InChI=1S/C27H16N2O3/c30-26-21-8-4-5-9-22(21)27(31)29(26)20-14-15-24-23(16-20)28-25(32-24)19-12-10-18(11-13-19)17-6-2-1-3-7-17/h1-16H. The smallest absolute Gasteiger partial charge is 0.266 e. The van der Waals surface area contributed by atoms with Crippen LogP contribution in [-0.2, 0) is 0 Å². The largest absolute Gasteiger partial charge is 0.436 e. The van der Waals surface area contributed by atoms with Gasteiger partial charge in [0.2, 0.25) is 5.89 Å². The van der Waals surface area contributed by atoms with Crippen molar-refractivity contribution in [3.05, 3.63) is 108 Å². The second-order valence-electron chi connectivity index (χ2n) is 7.61. The summed E-state index contributed by atoms with van der Waals surface area (Å²) in [5.74, 6) is -0.172. The first-order chi connectivity index (χ1) is 15.7. The highest BCUT2D eigenvalue weighted by atomic mass is 16.3. The number of benzene rings is 4. The van der Waals surface area contributed by atoms with Crippen molar-refractivity contribution in [3.63, 3.8) is 0 Å². The Labute approximate surface area is 183 Å². The summed E-state index contributed by atoms with van der Waals surface area (Å²) >= 11 is 0. The molecule has 1 aliphatic rings. The Bertz CT molecular complexity index is 1470. The molecule has 0 spiro atoms. The van der Waals surface area contributed by atoms with Gasteiger partial charge >= 0.3 is 0 Å². The molecule has 5 nitrogen and oxygen atoms in total. The fourth-order valence-corrected chi connectivity index (χ4v) is 4.04. The Morgan fingerprint density at radius 1 is 0.625 bits per heavy atom. The summed E-state index contributed by atoms with van der Waals surface area (Å²) < 4.78 is 5.93. The fourth-order valence-electron chi connectivity index (χ4n) is 4.04. The van der Waals surface area contributed by atoms with Gasteiger partial charge in [0, 0.05) is 5.56 Å². The lowest BCUT2D eigenvalue weighted by atomic mass is 10.0. The van der Waals surface area contributed by atoms with Crippen molar-refractivity contribution in [2.24, 2.45) is 0 Å². The summed E-state index contributed by atoms with van der Waals surface area (Å²) in [4.78, 5) is 31.3. The van der Waals surface area contributed by atoms with Crippen molar-refractivity contribution < 1.29 is 14.0 Å². The Morgan fingerprint density at radius 2 is 1.22 bits per heavy atom. The van der Waals surface area contributed by atoms with E-state index >= 15 is 0 Å². The average molecular weight is 416 g/mol. The molecule has 0 N–H and O–H groups in total. The second-order valence-corrected chi connectivity index (χ2v) is 7.61. The van der Waals surface area contributed by atoms with Gasteiger partial charge in [-0.05, 0) is 53.6 Å². The quantitative estimate of drug-likeness (QED) is 0.340. The van der Waals surface area contributed by atoms with Crippen LogP contribution >= 0.6 is 0 Å². The number of hydrogen-bond acceptors (Lipinski definition) is 4. The molecule has 0 atom stereocenters. The van der Waals surface area contributed by atoms with Crippen LogP contribution in [0, 0.1) is 0 Å². The van der Waals surface area contributed by atoms with Crippen LogP contribution in [0.25, 0.3) is 33.7 Å². The number of nitrogens with zero attached hydrogens (tertiary/aromatic N) is 2. The minimum absolute atomic E-state index is 0.329. The van der Waals surface area contributed by atoms with Crippen molar-refractivity contribution in [3.8, 4) is 22.6 Å². The Hall–Kier alpha value is -4.51. The zero-order chi connectivity index (χ0) is 21.7. The third kappa shape index (κ3) is 2.83. The van der Waals surface area contributed by atoms with Crippen molar-refractivity contribution in [1.29, 1.82) is 0 Å². The molecule has 5 aromatic rings. The minimum Gasteiger partial charge on any atom is -0.436 e. The first kappa shape index (κ1) is 18.3. The van der Waals surface area contributed by atoms with E-state index in [1.807, 2.05) is 42.5 Å². The normalized spacial score (nSPS) is 13.1. The lowest BCUT2D eigenvalue weighted by molar-refractivity contribution is 0.0926. The van der Waals surface area contributed by atoms with Crippen molar-refractivity contribution >= 4 is 28.6 Å². The number of carbonyl (C=O) groups is 2. The van der Waals surface area contributed by atoms with Crippen LogP contribution in [0.15, 0.2) is 101 Å². The number of carbonyl (C=O) groups excluding carboxylic acids is 2. The van der Waals surface area contributed by atoms with Crippen molar-refractivity contribution in [2.45, 2.75) is 0 Å². The molecule has 6 rings (SSSR count). The van der Waals surface area contributed by atoms with E-state index in [-0.39, 0.29) is 11.8 Å². The maximum Gasteiger partial charge on any atom is 0.266 e. The molecule has 0 unspecified atom stereocenters. The molecule has 0 fully saturated rings. The number of amides is 2. The molecule has 0 bridgehead atoms. The summed E-state index contributed by atoms with van der Waals surface area (Å²) in [6.45, 7) is 0. The Kier molecular flexibility index (Phi) is 4.01. The molecule has 2 heterocycles. The average Bonchev–Trinajstić information content (AvgIpc) is 3.38. The van der Waals surface area contributed by atoms with Crippen LogP contribution in [0.1, 0.15) is 20.7 Å². The zero-order valence-electron chi connectivity index (χ0n) is 16.9. The lowest BCUT2D eigenvalue weighted by Crippen LogP contribution is -2.29. The predicted octanol–water partition coefficient (Wildman–Crippen LogP) is 5.96. The lowest BCUT2D eigenvalue weighted by Gasteiger charge is -2.13. The van der Waals surface area contributed by atoms with Gasteiger partial charge in [0.25, 0.3) is 11.8 Å². The molecule has 32 heavy (non-hydrogen) atoms. The molecular formula is C27H16N2O3.